The van der Waals surface area contributed by atoms with Crippen molar-refractivity contribution in [1.29, 1.82) is 0 Å². The molecular formula is C22H21PS. The Morgan fingerprint density at radius 3 is 1.54 bits per heavy atom. The van der Waals surface area contributed by atoms with Crippen LogP contribution in [0.15, 0.2) is 72.8 Å². The quantitative estimate of drug-likeness (QED) is 0.567. The van der Waals surface area contributed by atoms with Gasteiger partial charge in [0.05, 0.1) is 0 Å². The summed E-state index contributed by atoms with van der Waals surface area (Å²) >= 11 is 6.14. The number of benzene rings is 3. The number of hydrogen-bond donors (Lipinski definition) is 0. The number of hydrogen-bond acceptors (Lipinski definition) is 1. The normalized spacial score (nSPS) is 11.2. The lowest BCUT2D eigenvalue weighted by atomic mass is 10.1. The molecule has 3 aromatic carbocycles. The lowest BCUT2D eigenvalue weighted by molar-refractivity contribution is 1.36. The molecule has 3 aromatic rings. The van der Waals surface area contributed by atoms with Crippen LogP contribution in [0.1, 0.15) is 27.8 Å². The van der Waals surface area contributed by atoms with E-state index in [1.54, 1.807) is 0 Å². The maximum Gasteiger partial charge on any atom is 0.0231 e. The van der Waals surface area contributed by atoms with Crippen LogP contribution >= 0.6 is 6.32 Å². The van der Waals surface area contributed by atoms with Gasteiger partial charge in [-0.05, 0) is 49.3 Å². The second-order valence-electron chi connectivity index (χ2n) is 6.12. The number of rotatable bonds is 3. The fourth-order valence-electron chi connectivity index (χ4n) is 3.20. The highest BCUT2D eigenvalue weighted by atomic mass is 32.4. The second kappa shape index (κ2) is 7.30. The monoisotopic (exact) mass is 348 g/mol. The molecule has 0 saturated heterocycles. The van der Waals surface area contributed by atoms with Crippen molar-refractivity contribution >= 4 is 28.7 Å². The molecule has 0 spiro atoms. The second-order valence-corrected chi connectivity index (χ2v) is 8.70. The third-order valence-corrected chi connectivity index (χ3v) is 7.27. The van der Waals surface area contributed by atoms with Crippen molar-refractivity contribution in [2.24, 2.45) is 0 Å². The summed E-state index contributed by atoms with van der Waals surface area (Å²) in [6.07, 6.45) is -0.846. The van der Waals surface area contributed by atoms with Crippen molar-refractivity contribution in [3.63, 3.8) is 0 Å². The predicted molar refractivity (Wildman–Crippen MR) is 111 cm³/mol. The molecule has 2 heteroatoms. The van der Waals surface area contributed by atoms with Crippen molar-refractivity contribution in [1.82, 2.24) is 0 Å². The van der Waals surface area contributed by atoms with Crippen LogP contribution in [0, 0.1) is 20.8 Å². The van der Waals surface area contributed by atoms with Crippen LogP contribution in [-0.4, -0.2) is 5.29 Å². The molecule has 0 aliphatic heterocycles. The first-order valence-electron chi connectivity index (χ1n) is 8.11. The maximum absolute atomic E-state index is 6.14. The molecule has 0 aromatic heterocycles. The highest BCUT2D eigenvalue weighted by Gasteiger charge is 2.12. The first-order chi connectivity index (χ1) is 11.6. The van der Waals surface area contributed by atoms with Gasteiger partial charge in [0.1, 0.15) is 0 Å². The van der Waals surface area contributed by atoms with E-state index in [9.17, 15) is 0 Å². The Labute approximate surface area is 150 Å². The molecule has 0 aliphatic rings. The van der Waals surface area contributed by atoms with Gasteiger partial charge in [0.25, 0.3) is 0 Å². The summed E-state index contributed by atoms with van der Waals surface area (Å²) < 4.78 is 0. The lowest BCUT2D eigenvalue weighted by Gasteiger charge is -2.14. The van der Waals surface area contributed by atoms with Crippen molar-refractivity contribution in [3.05, 3.63) is 101 Å². The van der Waals surface area contributed by atoms with E-state index in [-0.39, 0.29) is 0 Å². The molecule has 24 heavy (non-hydrogen) atoms. The third-order valence-electron chi connectivity index (χ3n) is 4.14. The Hall–Kier alpha value is -1.95. The summed E-state index contributed by atoms with van der Waals surface area (Å²) in [5, 5.41) is 2.60. The minimum atomic E-state index is -0.846. The van der Waals surface area contributed by atoms with Gasteiger partial charge in [-0.25, -0.2) is 0 Å². The largest absolute Gasteiger partial charge is 0.0622 e. The predicted octanol–water partition coefficient (Wildman–Crippen LogP) is 5.45. The van der Waals surface area contributed by atoms with E-state index in [1.165, 1.54) is 38.4 Å². The van der Waals surface area contributed by atoms with Crippen molar-refractivity contribution in [2.45, 2.75) is 20.8 Å². The molecule has 0 heterocycles. The first-order valence-corrected chi connectivity index (χ1v) is 10.5. The van der Waals surface area contributed by atoms with E-state index >= 15 is 0 Å². The van der Waals surface area contributed by atoms with E-state index in [0.717, 1.165) is 0 Å². The van der Waals surface area contributed by atoms with Crippen LogP contribution in [-0.2, 0) is 11.8 Å². The topological polar surface area (TPSA) is 0 Å². The summed E-state index contributed by atoms with van der Waals surface area (Å²) in [5.74, 6) is 0. The van der Waals surface area contributed by atoms with Crippen molar-refractivity contribution in [2.75, 3.05) is 0 Å². The molecule has 1 unspecified atom stereocenters. The van der Waals surface area contributed by atoms with Gasteiger partial charge < -0.3 is 0 Å². The Bertz CT molecular complexity index is 870. The van der Waals surface area contributed by atoms with Crippen molar-refractivity contribution < 1.29 is 0 Å². The zero-order chi connectivity index (χ0) is 17.1. The van der Waals surface area contributed by atoms with Crippen LogP contribution in [0.2, 0.25) is 0 Å². The minimum Gasteiger partial charge on any atom is -0.0622 e. The van der Waals surface area contributed by atoms with Crippen LogP contribution < -0.4 is 5.30 Å². The smallest absolute Gasteiger partial charge is 0.0231 e. The highest BCUT2D eigenvalue weighted by Crippen LogP contribution is 2.25. The van der Waals surface area contributed by atoms with Gasteiger partial charge in [0.15, 0.2) is 0 Å². The average molecular weight is 348 g/mol. The van der Waals surface area contributed by atoms with E-state index in [1.807, 2.05) is 0 Å². The first kappa shape index (κ1) is 16.9. The van der Waals surface area contributed by atoms with Crippen LogP contribution in [0.25, 0.3) is 0 Å². The standard InChI is InChI=1S/C22H21PS/c1-16-14-17(2)21(18(3)15-16)23(24)22(19-10-6-4-7-11-19)20-12-8-5-9-13-20/h4-15H,1-3H3. The molecular weight excluding hydrogens is 327 g/mol. The van der Waals surface area contributed by atoms with Crippen LogP contribution in [0.5, 0.6) is 0 Å². The molecule has 0 aliphatic carbocycles. The zero-order valence-corrected chi connectivity index (χ0v) is 16.0. The molecule has 0 nitrogen and oxygen atoms in total. The molecule has 0 N–H and O–H groups in total. The molecule has 120 valence electrons. The van der Waals surface area contributed by atoms with Gasteiger partial charge in [0, 0.05) is 10.6 Å². The Morgan fingerprint density at radius 2 is 1.12 bits per heavy atom. The molecule has 0 radical (unpaired) electrons. The molecule has 0 fully saturated rings. The van der Waals surface area contributed by atoms with Gasteiger partial charge in [0.2, 0.25) is 0 Å². The fraction of sp³-hybridized carbons (Fsp3) is 0.136. The zero-order valence-electron chi connectivity index (χ0n) is 14.3. The van der Waals surface area contributed by atoms with Gasteiger partial charge >= 0.3 is 0 Å². The summed E-state index contributed by atoms with van der Waals surface area (Å²) in [6, 6.07) is 25.6. The third kappa shape index (κ3) is 3.43. The Morgan fingerprint density at radius 1 is 0.708 bits per heavy atom. The maximum atomic E-state index is 6.14. The minimum absolute atomic E-state index is 0.846. The van der Waals surface area contributed by atoms with Gasteiger partial charge in [-0.2, -0.15) is 0 Å². The van der Waals surface area contributed by atoms with Crippen LogP contribution in [0.3, 0.4) is 0 Å². The van der Waals surface area contributed by atoms with Gasteiger partial charge in [-0.15, -0.1) is 0 Å². The summed E-state index contributed by atoms with van der Waals surface area (Å²) in [7, 11) is 0. The van der Waals surface area contributed by atoms with E-state index < -0.39 is 6.32 Å². The van der Waals surface area contributed by atoms with Crippen LogP contribution in [0.4, 0.5) is 0 Å². The molecule has 0 amide bonds. The summed E-state index contributed by atoms with van der Waals surface area (Å²) in [5.41, 5.74) is 6.36. The van der Waals surface area contributed by atoms with Gasteiger partial charge in [-0.1, -0.05) is 90.2 Å². The lowest BCUT2D eigenvalue weighted by Crippen LogP contribution is -2.10. The van der Waals surface area contributed by atoms with Gasteiger partial charge in [-0.3, -0.25) is 0 Å². The molecule has 0 saturated carbocycles. The van der Waals surface area contributed by atoms with E-state index in [0.29, 0.717) is 0 Å². The fourth-order valence-corrected chi connectivity index (χ4v) is 6.45. The Kier molecular flexibility index (Phi) is 5.14. The molecule has 1 atom stereocenters. The summed E-state index contributed by atoms with van der Waals surface area (Å²) in [4.78, 5) is 0. The summed E-state index contributed by atoms with van der Waals surface area (Å²) in [6.45, 7) is 6.52. The number of aryl methyl sites for hydroxylation is 3. The van der Waals surface area contributed by atoms with Crippen molar-refractivity contribution in [3.8, 4) is 0 Å². The average Bonchev–Trinajstić information content (AvgIpc) is 2.56. The van der Waals surface area contributed by atoms with E-state index in [4.69, 9.17) is 11.8 Å². The SMILES string of the molecule is Cc1cc(C)c(P(=S)=C(c2ccccc2)c2ccccc2)c(C)c1. The van der Waals surface area contributed by atoms with E-state index in [2.05, 4.69) is 93.6 Å². The Balaban J connectivity index is 2.34. The highest BCUT2D eigenvalue weighted by molar-refractivity contribution is 8.08. The molecule has 0 bridgehead atoms. The molecule has 3 rings (SSSR count).